The van der Waals surface area contributed by atoms with E-state index in [0.717, 1.165) is 12.8 Å². The quantitative estimate of drug-likeness (QED) is 0.741. The number of hydrogen-bond donors (Lipinski definition) is 1. The van der Waals surface area contributed by atoms with Gasteiger partial charge in [0, 0.05) is 12.1 Å². The summed E-state index contributed by atoms with van der Waals surface area (Å²) in [5, 5.41) is 11.5. The van der Waals surface area contributed by atoms with Crippen LogP contribution in [0.25, 0.3) is 11.5 Å². The number of thioether (sulfide) groups is 1. The fraction of sp³-hybridized carbons (Fsp3) is 0.500. The summed E-state index contributed by atoms with van der Waals surface area (Å²) in [4.78, 5) is 12.1. The molecule has 1 N–H and O–H groups in total. The molecule has 0 unspecified atom stereocenters. The summed E-state index contributed by atoms with van der Waals surface area (Å²) in [6, 6.07) is 5.66. The van der Waals surface area contributed by atoms with Gasteiger partial charge in [-0.3, -0.25) is 4.79 Å². The zero-order valence-electron chi connectivity index (χ0n) is 15.0. The first-order chi connectivity index (χ1) is 12.7. The topological polar surface area (TPSA) is 86.5 Å². The monoisotopic (exact) mass is 377 g/mol. The van der Waals surface area contributed by atoms with Crippen LogP contribution in [0.3, 0.4) is 0 Å². The number of nitrogens with zero attached hydrogens (tertiary/aromatic N) is 2. The third kappa shape index (κ3) is 4.69. The summed E-state index contributed by atoms with van der Waals surface area (Å²) >= 11 is 1.24. The molecule has 7 nitrogen and oxygen atoms in total. The second-order valence-electron chi connectivity index (χ2n) is 6.13. The van der Waals surface area contributed by atoms with Crippen molar-refractivity contribution in [1.29, 1.82) is 0 Å². The molecule has 0 atom stereocenters. The summed E-state index contributed by atoms with van der Waals surface area (Å²) in [7, 11) is 3.16. The molecule has 8 heteroatoms. The number of benzene rings is 1. The lowest BCUT2D eigenvalue weighted by molar-refractivity contribution is -0.119. The van der Waals surface area contributed by atoms with Crippen LogP contribution in [0.15, 0.2) is 27.8 Å². The fourth-order valence-electron chi connectivity index (χ4n) is 3.00. The van der Waals surface area contributed by atoms with Crippen molar-refractivity contribution in [2.75, 3.05) is 20.0 Å². The number of nitrogens with one attached hydrogen (secondary N) is 1. The number of hydrogen-bond acceptors (Lipinski definition) is 7. The average Bonchev–Trinajstić information content (AvgIpc) is 3.15. The van der Waals surface area contributed by atoms with E-state index in [4.69, 9.17) is 13.9 Å². The van der Waals surface area contributed by atoms with Crippen molar-refractivity contribution in [2.45, 2.75) is 43.4 Å². The van der Waals surface area contributed by atoms with Gasteiger partial charge in [-0.15, -0.1) is 10.2 Å². The Morgan fingerprint density at radius 2 is 2.04 bits per heavy atom. The lowest BCUT2D eigenvalue weighted by Gasteiger charge is -2.22. The SMILES string of the molecule is COc1ccc(-c2nnc(SCC(=O)NC3CCCCC3)o2)c(OC)c1. The van der Waals surface area contributed by atoms with E-state index >= 15 is 0 Å². The minimum Gasteiger partial charge on any atom is -0.497 e. The van der Waals surface area contributed by atoms with Crippen molar-refractivity contribution >= 4 is 17.7 Å². The van der Waals surface area contributed by atoms with Crippen LogP contribution < -0.4 is 14.8 Å². The lowest BCUT2D eigenvalue weighted by atomic mass is 9.95. The first kappa shape index (κ1) is 18.6. The minimum absolute atomic E-state index is 0.00341. The van der Waals surface area contributed by atoms with Gasteiger partial charge in [0.25, 0.3) is 11.1 Å². The number of rotatable bonds is 7. The standard InChI is InChI=1S/C18H23N3O4S/c1-23-13-8-9-14(15(10-13)24-2)17-20-21-18(25-17)26-11-16(22)19-12-6-4-3-5-7-12/h8-10,12H,3-7,11H2,1-2H3,(H,19,22). The number of ether oxygens (including phenoxy) is 2. The van der Waals surface area contributed by atoms with Gasteiger partial charge in [-0.05, 0) is 25.0 Å². The van der Waals surface area contributed by atoms with Crippen molar-refractivity contribution in [3.63, 3.8) is 0 Å². The molecule has 1 amide bonds. The van der Waals surface area contributed by atoms with E-state index < -0.39 is 0 Å². The molecule has 1 aliphatic rings. The Kier molecular flexibility index (Phi) is 6.38. The van der Waals surface area contributed by atoms with Gasteiger partial charge in [0.1, 0.15) is 11.5 Å². The molecule has 1 fully saturated rings. The van der Waals surface area contributed by atoms with Gasteiger partial charge < -0.3 is 19.2 Å². The fourth-order valence-corrected chi connectivity index (χ4v) is 3.57. The molecule has 26 heavy (non-hydrogen) atoms. The predicted molar refractivity (Wildman–Crippen MR) is 98.6 cm³/mol. The van der Waals surface area contributed by atoms with E-state index in [0.29, 0.717) is 34.2 Å². The van der Waals surface area contributed by atoms with Crippen molar-refractivity contribution in [3.8, 4) is 23.0 Å². The maximum atomic E-state index is 12.1. The number of carbonyl (C=O) groups excluding carboxylic acids is 1. The second kappa shape index (κ2) is 8.93. The highest BCUT2D eigenvalue weighted by Crippen LogP contribution is 2.33. The van der Waals surface area contributed by atoms with Gasteiger partial charge in [-0.2, -0.15) is 0 Å². The smallest absolute Gasteiger partial charge is 0.277 e. The van der Waals surface area contributed by atoms with Crippen molar-refractivity contribution < 1.29 is 18.7 Å². The van der Waals surface area contributed by atoms with Crippen LogP contribution in [0.2, 0.25) is 0 Å². The maximum Gasteiger partial charge on any atom is 0.277 e. The van der Waals surface area contributed by atoms with Crippen LogP contribution >= 0.6 is 11.8 Å². The van der Waals surface area contributed by atoms with E-state index in [1.807, 2.05) is 0 Å². The first-order valence-electron chi connectivity index (χ1n) is 8.67. The zero-order valence-corrected chi connectivity index (χ0v) is 15.8. The number of amides is 1. The third-order valence-corrected chi connectivity index (χ3v) is 5.16. The zero-order chi connectivity index (χ0) is 18.4. The van der Waals surface area contributed by atoms with Gasteiger partial charge in [0.15, 0.2) is 0 Å². The molecule has 3 rings (SSSR count). The minimum atomic E-state index is 0.00341. The van der Waals surface area contributed by atoms with Crippen LogP contribution in [0.4, 0.5) is 0 Å². The van der Waals surface area contributed by atoms with Crippen molar-refractivity contribution in [1.82, 2.24) is 15.5 Å². The maximum absolute atomic E-state index is 12.1. The largest absolute Gasteiger partial charge is 0.497 e. The molecule has 0 aliphatic heterocycles. The molecule has 0 bridgehead atoms. The van der Waals surface area contributed by atoms with E-state index in [-0.39, 0.29) is 11.7 Å². The van der Waals surface area contributed by atoms with Crippen molar-refractivity contribution in [3.05, 3.63) is 18.2 Å². The summed E-state index contributed by atoms with van der Waals surface area (Å²) < 4.78 is 16.2. The summed E-state index contributed by atoms with van der Waals surface area (Å²) in [5.41, 5.74) is 0.680. The molecule has 1 aromatic heterocycles. The van der Waals surface area contributed by atoms with Crippen LogP contribution in [0, 0.1) is 0 Å². The molecular formula is C18H23N3O4S. The van der Waals surface area contributed by atoms with Crippen LogP contribution in [0.5, 0.6) is 11.5 Å². The molecule has 1 saturated carbocycles. The molecule has 2 aromatic rings. The van der Waals surface area contributed by atoms with Crippen LogP contribution in [-0.2, 0) is 4.79 Å². The molecule has 140 valence electrons. The summed E-state index contributed by atoms with van der Waals surface area (Å²) in [6.07, 6.45) is 5.78. The molecule has 1 aliphatic carbocycles. The summed E-state index contributed by atoms with van der Waals surface area (Å²) in [6.45, 7) is 0. The molecular weight excluding hydrogens is 354 g/mol. The Labute approximate surface area is 156 Å². The van der Waals surface area contributed by atoms with Crippen LogP contribution in [0.1, 0.15) is 32.1 Å². The highest BCUT2D eigenvalue weighted by molar-refractivity contribution is 7.99. The van der Waals surface area contributed by atoms with Gasteiger partial charge in [-0.1, -0.05) is 31.0 Å². The Bertz CT molecular complexity index is 744. The van der Waals surface area contributed by atoms with Gasteiger partial charge >= 0.3 is 0 Å². The average molecular weight is 377 g/mol. The third-order valence-electron chi connectivity index (χ3n) is 4.34. The Morgan fingerprint density at radius 1 is 1.23 bits per heavy atom. The highest BCUT2D eigenvalue weighted by atomic mass is 32.2. The summed E-state index contributed by atoms with van der Waals surface area (Å²) in [5.74, 6) is 1.87. The Hall–Kier alpha value is -2.22. The van der Waals surface area contributed by atoms with Gasteiger partial charge in [0.2, 0.25) is 5.91 Å². The Balaban J connectivity index is 1.58. The molecule has 0 radical (unpaired) electrons. The molecule has 0 saturated heterocycles. The van der Waals surface area contributed by atoms with Crippen LogP contribution in [-0.4, -0.2) is 42.1 Å². The number of aromatic nitrogens is 2. The van der Waals surface area contributed by atoms with Gasteiger partial charge in [0.05, 0.1) is 25.5 Å². The molecule has 1 heterocycles. The number of methoxy groups -OCH3 is 2. The molecule has 0 spiro atoms. The Morgan fingerprint density at radius 3 is 2.77 bits per heavy atom. The van der Waals surface area contributed by atoms with Crippen molar-refractivity contribution in [2.24, 2.45) is 0 Å². The van der Waals surface area contributed by atoms with E-state index in [1.54, 1.807) is 32.4 Å². The second-order valence-corrected chi connectivity index (χ2v) is 7.06. The van der Waals surface area contributed by atoms with Gasteiger partial charge in [-0.25, -0.2) is 0 Å². The first-order valence-corrected chi connectivity index (χ1v) is 9.66. The lowest BCUT2D eigenvalue weighted by Crippen LogP contribution is -2.37. The highest BCUT2D eigenvalue weighted by Gasteiger charge is 2.18. The molecule has 1 aromatic carbocycles. The normalized spacial score (nSPS) is 14.8. The van der Waals surface area contributed by atoms with E-state index in [1.165, 1.54) is 31.0 Å². The predicted octanol–water partition coefficient (Wildman–Crippen LogP) is 3.29. The van der Waals surface area contributed by atoms with E-state index in [2.05, 4.69) is 15.5 Å². The van der Waals surface area contributed by atoms with E-state index in [9.17, 15) is 4.79 Å². The number of carbonyl (C=O) groups is 1.